The summed E-state index contributed by atoms with van der Waals surface area (Å²) in [7, 11) is 0. The number of aliphatic imine (C=N–C) groups is 1. The fraction of sp³-hybridized carbons (Fsp3) is 0.588. The molecule has 0 unspecified atom stereocenters. The van der Waals surface area contributed by atoms with Crippen molar-refractivity contribution in [3.8, 4) is 0 Å². The van der Waals surface area contributed by atoms with Crippen LogP contribution in [0.4, 0.5) is 4.39 Å². The Morgan fingerprint density at radius 2 is 1.86 bits per heavy atom. The molecular formula is C17H28FN3O. The Bertz CT molecular complexity index is 473. The molecule has 5 heteroatoms. The van der Waals surface area contributed by atoms with E-state index in [1.54, 1.807) is 12.1 Å². The monoisotopic (exact) mass is 309 g/mol. The largest absolute Gasteiger partial charge is 0.388 e. The van der Waals surface area contributed by atoms with Crippen molar-refractivity contribution in [2.24, 2.45) is 4.99 Å². The first-order valence-corrected chi connectivity index (χ1v) is 8.02. The van der Waals surface area contributed by atoms with Crippen LogP contribution in [0, 0.1) is 5.82 Å². The summed E-state index contributed by atoms with van der Waals surface area (Å²) in [5, 5.41) is 16.6. The molecule has 1 aromatic rings. The Morgan fingerprint density at radius 1 is 1.18 bits per heavy atom. The molecule has 0 saturated carbocycles. The molecule has 124 valence electrons. The van der Waals surface area contributed by atoms with Crippen molar-refractivity contribution >= 4 is 5.96 Å². The number of benzene rings is 1. The maximum atomic E-state index is 13.6. The number of hydrogen-bond acceptors (Lipinski definition) is 2. The fourth-order valence-electron chi connectivity index (χ4n) is 2.06. The van der Waals surface area contributed by atoms with E-state index in [4.69, 9.17) is 0 Å². The van der Waals surface area contributed by atoms with E-state index in [1.807, 2.05) is 26.8 Å². The zero-order valence-electron chi connectivity index (χ0n) is 13.8. The minimum absolute atomic E-state index is 0.183. The van der Waals surface area contributed by atoms with Crippen LogP contribution < -0.4 is 10.6 Å². The maximum Gasteiger partial charge on any atom is 0.191 e. The van der Waals surface area contributed by atoms with Crippen molar-refractivity contribution in [2.45, 2.75) is 45.6 Å². The van der Waals surface area contributed by atoms with Gasteiger partial charge in [-0.2, -0.15) is 0 Å². The molecular weight excluding hydrogens is 281 g/mol. The molecule has 0 amide bonds. The molecule has 3 N–H and O–H groups in total. The maximum absolute atomic E-state index is 13.6. The van der Waals surface area contributed by atoms with Crippen LogP contribution in [0.5, 0.6) is 0 Å². The lowest BCUT2D eigenvalue weighted by atomic mass is 9.98. The van der Waals surface area contributed by atoms with Gasteiger partial charge in [0.1, 0.15) is 5.82 Å². The molecule has 0 fully saturated rings. The molecule has 0 radical (unpaired) electrons. The first-order valence-electron chi connectivity index (χ1n) is 8.02. The molecule has 0 bridgehead atoms. The minimum atomic E-state index is -0.756. The third kappa shape index (κ3) is 6.02. The topological polar surface area (TPSA) is 56.7 Å². The van der Waals surface area contributed by atoms with Crippen LogP contribution in [0.15, 0.2) is 29.3 Å². The van der Waals surface area contributed by atoms with E-state index in [1.165, 1.54) is 6.07 Å². The zero-order chi connectivity index (χ0) is 16.4. The highest BCUT2D eigenvalue weighted by atomic mass is 19.1. The summed E-state index contributed by atoms with van der Waals surface area (Å²) >= 11 is 0. The highest BCUT2D eigenvalue weighted by Gasteiger charge is 2.21. The lowest BCUT2D eigenvalue weighted by Crippen LogP contribution is -2.40. The SMILES string of the molecule is CCNC(=NCC(O)(CC)CC)NCCc1ccccc1F. The van der Waals surface area contributed by atoms with E-state index in [0.717, 1.165) is 6.54 Å². The van der Waals surface area contributed by atoms with Crippen molar-refractivity contribution in [3.05, 3.63) is 35.6 Å². The number of rotatable bonds is 8. The summed E-state index contributed by atoms with van der Waals surface area (Å²) in [5.74, 6) is 0.469. The molecule has 0 aliphatic carbocycles. The minimum Gasteiger partial charge on any atom is -0.388 e. The molecule has 0 aliphatic heterocycles. The molecule has 0 aromatic heterocycles. The molecule has 0 atom stereocenters. The molecule has 0 heterocycles. The van der Waals surface area contributed by atoms with Gasteiger partial charge in [-0.15, -0.1) is 0 Å². The average molecular weight is 309 g/mol. The van der Waals surface area contributed by atoms with Crippen LogP contribution in [0.3, 0.4) is 0 Å². The van der Waals surface area contributed by atoms with Gasteiger partial charge in [0.2, 0.25) is 0 Å². The summed E-state index contributed by atoms with van der Waals surface area (Å²) in [4.78, 5) is 4.43. The summed E-state index contributed by atoms with van der Waals surface area (Å²) in [5.41, 5.74) is -0.0714. The second-order valence-corrected chi connectivity index (χ2v) is 5.39. The normalized spacial score (nSPS) is 12.3. The Morgan fingerprint density at radius 3 is 2.45 bits per heavy atom. The molecule has 4 nitrogen and oxygen atoms in total. The summed E-state index contributed by atoms with van der Waals surface area (Å²) < 4.78 is 13.6. The van der Waals surface area contributed by atoms with Crippen LogP contribution in [0.1, 0.15) is 39.2 Å². The zero-order valence-corrected chi connectivity index (χ0v) is 13.8. The predicted molar refractivity (Wildman–Crippen MR) is 89.6 cm³/mol. The Labute approximate surface area is 132 Å². The summed E-state index contributed by atoms with van der Waals surface area (Å²) in [6.07, 6.45) is 1.92. The van der Waals surface area contributed by atoms with Gasteiger partial charge in [-0.3, -0.25) is 4.99 Å². The number of aliphatic hydroxyl groups is 1. The van der Waals surface area contributed by atoms with Crippen LogP contribution in [0.2, 0.25) is 0 Å². The molecule has 0 saturated heterocycles. The molecule has 0 spiro atoms. The van der Waals surface area contributed by atoms with Gasteiger partial charge in [0.05, 0.1) is 12.1 Å². The van der Waals surface area contributed by atoms with Crippen LogP contribution >= 0.6 is 0 Å². The second kappa shape index (κ2) is 9.41. The number of nitrogens with zero attached hydrogens (tertiary/aromatic N) is 1. The van der Waals surface area contributed by atoms with Gasteiger partial charge in [-0.05, 0) is 37.8 Å². The van der Waals surface area contributed by atoms with Crippen molar-refractivity contribution < 1.29 is 9.50 Å². The van der Waals surface area contributed by atoms with Crippen LogP contribution in [0.25, 0.3) is 0 Å². The van der Waals surface area contributed by atoms with Gasteiger partial charge >= 0.3 is 0 Å². The number of halogens is 1. The van der Waals surface area contributed by atoms with Gasteiger partial charge in [0.15, 0.2) is 5.96 Å². The van der Waals surface area contributed by atoms with E-state index < -0.39 is 5.60 Å². The molecule has 1 aromatic carbocycles. The van der Waals surface area contributed by atoms with Gasteiger partial charge in [-0.25, -0.2) is 4.39 Å². The van der Waals surface area contributed by atoms with Crippen molar-refractivity contribution in [3.63, 3.8) is 0 Å². The first-order chi connectivity index (χ1) is 10.5. The predicted octanol–water partition coefficient (Wildman–Crippen LogP) is 2.47. The van der Waals surface area contributed by atoms with Gasteiger partial charge < -0.3 is 15.7 Å². The van der Waals surface area contributed by atoms with Gasteiger partial charge in [0, 0.05) is 13.1 Å². The Balaban J connectivity index is 2.55. The third-order valence-corrected chi connectivity index (χ3v) is 3.84. The van der Waals surface area contributed by atoms with Gasteiger partial charge in [0.25, 0.3) is 0 Å². The number of guanidine groups is 1. The standard InChI is InChI=1S/C17H28FN3O/c1-4-17(22,5-2)13-21-16(19-6-3)20-12-11-14-9-7-8-10-15(14)18/h7-10,22H,4-6,11-13H2,1-3H3,(H2,19,20,21). The van der Waals surface area contributed by atoms with Crippen LogP contribution in [-0.2, 0) is 6.42 Å². The van der Waals surface area contributed by atoms with E-state index in [-0.39, 0.29) is 5.82 Å². The first kappa shape index (κ1) is 18.4. The summed E-state index contributed by atoms with van der Waals surface area (Å²) in [6, 6.07) is 6.78. The third-order valence-electron chi connectivity index (χ3n) is 3.84. The highest BCUT2D eigenvalue weighted by Crippen LogP contribution is 2.14. The average Bonchev–Trinajstić information content (AvgIpc) is 2.54. The van der Waals surface area contributed by atoms with Crippen molar-refractivity contribution in [1.82, 2.24) is 10.6 Å². The van der Waals surface area contributed by atoms with Crippen molar-refractivity contribution in [1.29, 1.82) is 0 Å². The second-order valence-electron chi connectivity index (χ2n) is 5.39. The Kier molecular flexibility index (Phi) is 7.88. The fourth-order valence-corrected chi connectivity index (χ4v) is 2.06. The van der Waals surface area contributed by atoms with E-state index in [9.17, 15) is 9.50 Å². The quantitative estimate of drug-likeness (QED) is 0.511. The smallest absolute Gasteiger partial charge is 0.191 e. The lowest BCUT2D eigenvalue weighted by molar-refractivity contribution is 0.0418. The van der Waals surface area contributed by atoms with Crippen LogP contribution in [-0.4, -0.2) is 36.3 Å². The van der Waals surface area contributed by atoms with Gasteiger partial charge in [-0.1, -0.05) is 32.0 Å². The lowest BCUT2D eigenvalue weighted by Gasteiger charge is -2.23. The number of hydrogen-bond donors (Lipinski definition) is 3. The number of nitrogens with one attached hydrogen (secondary N) is 2. The van der Waals surface area contributed by atoms with Crippen molar-refractivity contribution in [2.75, 3.05) is 19.6 Å². The van der Waals surface area contributed by atoms with E-state index >= 15 is 0 Å². The molecule has 22 heavy (non-hydrogen) atoms. The summed E-state index contributed by atoms with van der Waals surface area (Å²) in [6.45, 7) is 7.58. The highest BCUT2D eigenvalue weighted by molar-refractivity contribution is 5.79. The Hall–Kier alpha value is -1.62. The van der Waals surface area contributed by atoms with E-state index in [0.29, 0.717) is 43.9 Å². The van der Waals surface area contributed by atoms with E-state index in [2.05, 4.69) is 15.6 Å². The molecule has 0 aliphatic rings. The molecule has 1 rings (SSSR count).